The maximum atomic E-state index is 2.57. The van der Waals surface area contributed by atoms with Crippen molar-refractivity contribution in [3.05, 3.63) is 277 Å². The van der Waals surface area contributed by atoms with Crippen LogP contribution in [0.5, 0.6) is 0 Å². The second-order valence-corrected chi connectivity index (χ2v) is 20.1. The van der Waals surface area contributed by atoms with Gasteiger partial charge in [-0.2, -0.15) is 0 Å². The highest BCUT2D eigenvalue weighted by atomic mass is 15.2. The lowest BCUT2D eigenvalue weighted by molar-refractivity contribution is 0.462. The Morgan fingerprint density at radius 3 is 1.07 bits per heavy atom. The molecule has 2 nitrogen and oxygen atoms in total. The van der Waals surface area contributed by atoms with Crippen molar-refractivity contribution in [1.29, 1.82) is 0 Å². The van der Waals surface area contributed by atoms with Crippen LogP contribution in [0.3, 0.4) is 0 Å². The van der Waals surface area contributed by atoms with E-state index in [1.165, 1.54) is 101 Å². The van der Waals surface area contributed by atoms with Gasteiger partial charge in [0.25, 0.3) is 0 Å². The summed E-state index contributed by atoms with van der Waals surface area (Å²) in [5.74, 6) is 0. The lowest BCUT2D eigenvalue weighted by Gasteiger charge is -2.44. The Bertz CT molecular complexity index is 3250. The van der Waals surface area contributed by atoms with E-state index in [2.05, 4.69) is 299 Å². The van der Waals surface area contributed by atoms with Crippen LogP contribution < -0.4 is 9.80 Å². The monoisotopic (exact) mass is 930 g/mol. The number of anilines is 4. The Morgan fingerprint density at radius 1 is 0.375 bits per heavy atom. The number of fused-ring (bicyclic) bond motifs is 3. The molecule has 0 radical (unpaired) electrons. The second-order valence-electron chi connectivity index (χ2n) is 20.1. The SMILES string of the molecule is CCC(c1ccc2c(c1)C(C)(C)c1cc(C(C)(CC)N(c3ccc(-c4ccccc4)cc3)c3ccc(-c4ccccc4)cc3)ccc1-2)N(c1ccc(-c2ccccc2)cc1)c1ccc(-c2ccccc2)cc1. The Hall–Kier alpha value is -8.20. The molecule has 2 unspecified atom stereocenters. The van der Waals surface area contributed by atoms with Crippen LogP contribution in [0.4, 0.5) is 22.7 Å². The van der Waals surface area contributed by atoms with Crippen molar-refractivity contribution in [1.82, 2.24) is 0 Å². The van der Waals surface area contributed by atoms with E-state index in [0.29, 0.717) is 0 Å². The van der Waals surface area contributed by atoms with Crippen molar-refractivity contribution in [2.75, 3.05) is 9.80 Å². The zero-order valence-electron chi connectivity index (χ0n) is 42.1. The van der Waals surface area contributed by atoms with Crippen molar-refractivity contribution >= 4 is 22.7 Å². The molecule has 1 aliphatic rings. The molecule has 0 bridgehead atoms. The van der Waals surface area contributed by atoms with E-state index in [4.69, 9.17) is 0 Å². The number of benzene rings is 10. The van der Waals surface area contributed by atoms with E-state index >= 15 is 0 Å². The third-order valence-corrected chi connectivity index (χ3v) is 15.6. The molecular formula is C70H62N2. The summed E-state index contributed by atoms with van der Waals surface area (Å²) in [6, 6.07) is 94.1. The molecule has 2 atom stereocenters. The zero-order valence-corrected chi connectivity index (χ0v) is 42.1. The highest BCUT2D eigenvalue weighted by Crippen LogP contribution is 2.53. The molecule has 0 aliphatic heterocycles. The summed E-state index contributed by atoms with van der Waals surface area (Å²) >= 11 is 0. The molecule has 0 N–H and O–H groups in total. The van der Waals surface area contributed by atoms with Gasteiger partial charge in [0, 0.05) is 28.2 Å². The molecule has 10 aromatic rings. The van der Waals surface area contributed by atoms with Crippen LogP contribution in [0, 0.1) is 0 Å². The topological polar surface area (TPSA) is 6.48 Å². The minimum atomic E-state index is -0.381. The third kappa shape index (κ3) is 8.62. The van der Waals surface area contributed by atoms with Gasteiger partial charge in [-0.1, -0.05) is 234 Å². The Balaban J connectivity index is 0.964. The maximum Gasteiger partial charge on any atom is 0.0671 e. The quantitative estimate of drug-likeness (QED) is 0.107. The maximum absolute atomic E-state index is 2.57. The molecule has 11 rings (SSSR count). The molecule has 0 saturated heterocycles. The van der Waals surface area contributed by atoms with Crippen molar-refractivity contribution < 1.29 is 0 Å². The first-order valence-corrected chi connectivity index (χ1v) is 25.7. The minimum absolute atomic E-state index is 0.0917. The van der Waals surface area contributed by atoms with Gasteiger partial charge in [0.1, 0.15) is 0 Å². The molecule has 10 aromatic carbocycles. The largest absolute Gasteiger partial charge is 0.334 e. The molecular weight excluding hydrogens is 869 g/mol. The summed E-state index contributed by atoms with van der Waals surface area (Å²) in [4.78, 5) is 5.13. The number of nitrogens with zero attached hydrogens (tertiary/aromatic N) is 2. The molecule has 0 heterocycles. The molecule has 2 heteroatoms. The third-order valence-electron chi connectivity index (χ3n) is 15.6. The van der Waals surface area contributed by atoms with Crippen molar-refractivity contribution in [3.8, 4) is 55.6 Å². The first-order valence-electron chi connectivity index (χ1n) is 25.7. The molecule has 0 spiro atoms. The van der Waals surface area contributed by atoms with Gasteiger partial charge in [-0.3, -0.25) is 0 Å². The summed E-state index contributed by atoms with van der Waals surface area (Å²) in [5, 5.41) is 0. The van der Waals surface area contributed by atoms with Gasteiger partial charge >= 0.3 is 0 Å². The molecule has 72 heavy (non-hydrogen) atoms. The summed E-state index contributed by atoms with van der Waals surface area (Å²) in [7, 11) is 0. The Morgan fingerprint density at radius 2 is 0.708 bits per heavy atom. The first kappa shape index (κ1) is 46.2. The summed E-state index contributed by atoms with van der Waals surface area (Å²) in [5.41, 5.74) is 21.8. The summed E-state index contributed by atoms with van der Waals surface area (Å²) in [6.07, 6.45) is 1.83. The van der Waals surface area contributed by atoms with Gasteiger partial charge in [-0.15, -0.1) is 0 Å². The summed E-state index contributed by atoms with van der Waals surface area (Å²) in [6.45, 7) is 12.0. The van der Waals surface area contributed by atoms with Gasteiger partial charge in [0.2, 0.25) is 0 Å². The predicted octanol–water partition coefficient (Wildman–Crippen LogP) is 19.4. The van der Waals surface area contributed by atoms with E-state index in [-0.39, 0.29) is 17.0 Å². The molecule has 1 aliphatic carbocycles. The van der Waals surface area contributed by atoms with Gasteiger partial charge in [0.15, 0.2) is 0 Å². The minimum Gasteiger partial charge on any atom is -0.334 e. The van der Waals surface area contributed by atoms with E-state index in [1.807, 2.05) is 0 Å². The predicted molar refractivity (Wildman–Crippen MR) is 306 cm³/mol. The molecule has 0 fully saturated rings. The van der Waals surface area contributed by atoms with Gasteiger partial charge < -0.3 is 9.80 Å². The summed E-state index contributed by atoms with van der Waals surface area (Å²) < 4.78 is 0. The van der Waals surface area contributed by atoms with Crippen molar-refractivity contribution in [2.24, 2.45) is 0 Å². The van der Waals surface area contributed by atoms with E-state index in [9.17, 15) is 0 Å². The van der Waals surface area contributed by atoms with E-state index in [1.54, 1.807) is 0 Å². The van der Waals surface area contributed by atoms with Crippen LogP contribution in [0.1, 0.15) is 75.8 Å². The molecule has 0 amide bonds. The number of rotatable bonds is 14. The lowest BCUT2D eigenvalue weighted by atomic mass is 9.78. The van der Waals surface area contributed by atoms with Gasteiger partial charge in [-0.05, 0) is 146 Å². The van der Waals surface area contributed by atoms with Gasteiger partial charge in [0.05, 0.1) is 11.6 Å². The molecule has 0 aromatic heterocycles. The number of hydrogen-bond acceptors (Lipinski definition) is 2. The van der Waals surface area contributed by atoms with E-state index in [0.717, 1.165) is 12.8 Å². The standard InChI is InChI=1S/C70H62N2/c1-6-68(71(60-38-28-54(29-39-60)50-20-12-8-13-21-50)61-40-30-55(31-41-61)51-22-14-9-15-23-51)58-36-46-64-65-47-37-59(49-67(65)69(3,4)66(64)48-58)70(5,7-2)72(62-42-32-56(33-43-62)52-24-16-10-17-25-52)63-44-34-57(35-45-63)53-26-18-11-19-27-53/h8-49,68H,6-7H2,1-5H3. The fourth-order valence-electron chi connectivity index (χ4n) is 11.3. The molecule has 352 valence electrons. The van der Waals surface area contributed by atoms with Crippen LogP contribution in [-0.4, -0.2) is 0 Å². The zero-order chi connectivity index (χ0) is 49.2. The fraction of sp³-hybridized carbons (Fsp3) is 0.143. The van der Waals surface area contributed by atoms with Crippen LogP contribution in [0.15, 0.2) is 255 Å². The normalized spacial score (nSPS) is 13.6. The highest BCUT2D eigenvalue weighted by Gasteiger charge is 2.40. The van der Waals surface area contributed by atoms with E-state index < -0.39 is 0 Å². The number of hydrogen-bond donors (Lipinski definition) is 0. The fourth-order valence-corrected chi connectivity index (χ4v) is 11.3. The van der Waals surface area contributed by atoms with Crippen LogP contribution >= 0.6 is 0 Å². The highest BCUT2D eigenvalue weighted by molar-refractivity contribution is 5.83. The Labute approximate surface area is 427 Å². The average molecular weight is 931 g/mol. The van der Waals surface area contributed by atoms with Crippen LogP contribution in [-0.2, 0) is 11.0 Å². The average Bonchev–Trinajstić information content (AvgIpc) is 3.68. The lowest BCUT2D eigenvalue weighted by Crippen LogP contribution is -2.40. The van der Waals surface area contributed by atoms with Crippen molar-refractivity contribution in [2.45, 2.75) is 64.5 Å². The second kappa shape index (κ2) is 19.5. The molecule has 0 saturated carbocycles. The van der Waals surface area contributed by atoms with Crippen LogP contribution in [0.25, 0.3) is 55.6 Å². The van der Waals surface area contributed by atoms with Crippen molar-refractivity contribution in [3.63, 3.8) is 0 Å². The smallest absolute Gasteiger partial charge is 0.0671 e. The Kier molecular flexibility index (Phi) is 12.5. The first-order chi connectivity index (χ1) is 35.2. The van der Waals surface area contributed by atoms with Gasteiger partial charge in [-0.25, -0.2) is 0 Å². The van der Waals surface area contributed by atoms with Crippen LogP contribution in [0.2, 0.25) is 0 Å².